The maximum absolute atomic E-state index is 10.3. The SMILES string of the molecule is CCCCCc1c(-c2ccccc2)cc(OC)c(O)c1O. The van der Waals surface area contributed by atoms with Gasteiger partial charge in [0.2, 0.25) is 5.75 Å². The maximum atomic E-state index is 10.3. The van der Waals surface area contributed by atoms with Crippen LogP contribution < -0.4 is 4.74 Å². The van der Waals surface area contributed by atoms with Crippen LogP contribution in [-0.4, -0.2) is 17.3 Å². The van der Waals surface area contributed by atoms with Gasteiger partial charge in [-0.2, -0.15) is 0 Å². The van der Waals surface area contributed by atoms with E-state index in [1.54, 1.807) is 6.07 Å². The molecule has 0 aromatic heterocycles. The summed E-state index contributed by atoms with van der Waals surface area (Å²) in [6, 6.07) is 11.7. The minimum absolute atomic E-state index is 0.0655. The molecule has 2 N–H and O–H groups in total. The van der Waals surface area contributed by atoms with Gasteiger partial charge in [0, 0.05) is 5.56 Å². The smallest absolute Gasteiger partial charge is 0.200 e. The molecule has 112 valence electrons. The zero-order chi connectivity index (χ0) is 15.2. The van der Waals surface area contributed by atoms with Crippen molar-refractivity contribution in [2.45, 2.75) is 32.6 Å². The minimum atomic E-state index is -0.177. The van der Waals surface area contributed by atoms with Crippen LogP contribution in [-0.2, 0) is 6.42 Å². The van der Waals surface area contributed by atoms with Crippen molar-refractivity contribution in [1.29, 1.82) is 0 Å². The molecule has 0 fully saturated rings. The van der Waals surface area contributed by atoms with Crippen LogP contribution in [0.25, 0.3) is 11.1 Å². The zero-order valence-electron chi connectivity index (χ0n) is 12.6. The average Bonchev–Trinajstić information content (AvgIpc) is 2.52. The van der Waals surface area contributed by atoms with Crippen molar-refractivity contribution in [3.05, 3.63) is 42.0 Å². The summed E-state index contributed by atoms with van der Waals surface area (Å²) in [7, 11) is 1.49. The highest BCUT2D eigenvalue weighted by atomic mass is 16.5. The van der Waals surface area contributed by atoms with E-state index >= 15 is 0 Å². The molecule has 0 atom stereocenters. The van der Waals surface area contributed by atoms with Crippen LogP contribution in [0.5, 0.6) is 17.2 Å². The van der Waals surface area contributed by atoms with Crippen LogP contribution in [0.1, 0.15) is 31.7 Å². The minimum Gasteiger partial charge on any atom is -0.504 e. The molecule has 3 heteroatoms. The third-order valence-electron chi connectivity index (χ3n) is 3.68. The van der Waals surface area contributed by atoms with Crippen LogP contribution in [0, 0.1) is 0 Å². The fourth-order valence-corrected chi connectivity index (χ4v) is 2.51. The average molecular weight is 286 g/mol. The van der Waals surface area contributed by atoms with E-state index < -0.39 is 0 Å². The van der Waals surface area contributed by atoms with Gasteiger partial charge in [-0.1, -0.05) is 50.1 Å². The summed E-state index contributed by atoms with van der Waals surface area (Å²) in [5.41, 5.74) is 2.71. The Bertz CT molecular complexity index is 591. The lowest BCUT2D eigenvalue weighted by Crippen LogP contribution is -1.95. The van der Waals surface area contributed by atoms with Gasteiger partial charge in [-0.15, -0.1) is 0 Å². The van der Waals surface area contributed by atoms with Crippen molar-refractivity contribution in [1.82, 2.24) is 0 Å². The molecule has 2 aromatic rings. The van der Waals surface area contributed by atoms with E-state index in [1.807, 2.05) is 30.3 Å². The molecule has 2 rings (SSSR count). The molecular weight excluding hydrogens is 264 g/mol. The third kappa shape index (κ3) is 3.30. The van der Waals surface area contributed by atoms with Crippen LogP contribution >= 0.6 is 0 Å². The Morgan fingerprint density at radius 3 is 2.33 bits per heavy atom. The number of hydrogen-bond donors (Lipinski definition) is 2. The quantitative estimate of drug-likeness (QED) is 0.607. The monoisotopic (exact) mass is 286 g/mol. The van der Waals surface area contributed by atoms with Crippen LogP contribution in [0.3, 0.4) is 0 Å². The highest BCUT2D eigenvalue weighted by Gasteiger charge is 2.18. The van der Waals surface area contributed by atoms with Gasteiger partial charge < -0.3 is 14.9 Å². The predicted molar refractivity (Wildman–Crippen MR) is 85.0 cm³/mol. The number of methoxy groups -OCH3 is 1. The molecule has 0 unspecified atom stereocenters. The third-order valence-corrected chi connectivity index (χ3v) is 3.68. The predicted octanol–water partition coefficient (Wildman–Crippen LogP) is 4.51. The molecule has 3 nitrogen and oxygen atoms in total. The number of phenolic OH excluding ortho intramolecular Hbond substituents is 2. The Kier molecular flexibility index (Phi) is 5.09. The molecule has 0 aliphatic carbocycles. The topological polar surface area (TPSA) is 49.7 Å². The maximum Gasteiger partial charge on any atom is 0.200 e. The van der Waals surface area contributed by atoms with Crippen molar-refractivity contribution in [3.8, 4) is 28.4 Å². The van der Waals surface area contributed by atoms with Gasteiger partial charge in [-0.25, -0.2) is 0 Å². The van der Waals surface area contributed by atoms with Gasteiger partial charge in [0.1, 0.15) is 0 Å². The molecule has 0 aliphatic rings. The summed E-state index contributed by atoms with van der Waals surface area (Å²) >= 11 is 0. The molecule has 0 bridgehead atoms. The van der Waals surface area contributed by atoms with Gasteiger partial charge in [0.05, 0.1) is 7.11 Å². The molecule has 0 amide bonds. The van der Waals surface area contributed by atoms with E-state index in [9.17, 15) is 10.2 Å². The van der Waals surface area contributed by atoms with Crippen molar-refractivity contribution < 1.29 is 14.9 Å². The van der Waals surface area contributed by atoms with Crippen molar-refractivity contribution in [2.24, 2.45) is 0 Å². The Morgan fingerprint density at radius 2 is 1.71 bits per heavy atom. The fraction of sp³-hybridized carbons (Fsp3) is 0.333. The number of phenols is 2. The number of hydrogen-bond acceptors (Lipinski definition) is 3. The summed E-state index contributed by atoms with van der Waals surface area (Å²) in [5.74, 6) is 0.0542. The fourth-order valence-electron chi connectivity index (χ4n) is 2.51. The van der Waals surface area contributed by atoms with Crippen LogP contribution in [0.4, 0.5) is 0 Å². The highest BCUT2D eigenvalue weighted by Crippen LogP contribution is 2.44. The Labute approximate surface area is 125 Å². The first-order chi connectivity index (χ1) is 10.2. The number of benzene rings is 2. The van der Waals surface area contributed by atoms with Gasteiger partial charge in [0.15, 0.2) is 11.5 Å². The van der Waals surface area contributed by atoms with E-state index in [0.29, 0.717) is 5.75 Å². The summed E-state index contributed by atoms with van der Waals surface area (Å²) < 4.78 is 5.16. The molecule has 0 aliphatic heterocycles. The van der Waals surface area contributed by atoms with Crippen LogP contribution in [0.15, 0.2) is 36.4 Å². The standard InChI is InChI=1S/C18H22O3/c1-3-4-6-11-14-15(13-9-7-5-8-10-13)12-16(21-2)18(20)17(14)19/h5,7-10,12,19-20H,3-4,6,11H2,1-2H3. The first kappa shape index (κ1) is 15.2. The lowest BCUT2D eigenvalue weighted by Gasteiger charge is -2.16. The second-order valence-electron chi connectivity index (χ2n) is 5.13. The zero-order valence-corrected chi connectivity index (χ0v) is 12.6. The second-order valence-corrected chi connectivity index (χ2v) is 5.13. The molecule has 0 saturated heterocycles. The number of rotatable bonds is 6. The largest absolute Gasteiger partial charge is 0.504 e. The van der Waals surface area contributed by atoms with Gasteiger partial charge >= 0.3 is 0 Å². The Hall–Kier alpha value is -2.16. The number of aromatic hydroxyl groups is 2. The highest BCUT2D eigenvalue weighted by molar-refractivity contribution is 5.75. The molecule has 0 heterocycles. The van der Waals surface area contributed by atoms with Crippen molar-refractivity contribution in [3.63, 3.8) is 0 Å². The normalized spacial score (nSPS) is 10.6. The van der Waals surface area contributed by atoms with E-state index in [2.05, 4.69) is 6.92 Å². The number of unbranched alkanes of at least 4 members (excludes halogenated alkanes) is 2. The molecule has 21 heavy (non-hydrogen) atoms. The first-order valence-corrected chi connectivity index (χ1v) is 7.36. The summed E-state index contributed by atoms with van der Waals surface area (Å²) in [6.45, 7) is 2.14. The van der Waals surface area contributed by atoms with Gasteiger partial charge in [-0.3, -0.25) is 0 Å². The van der Waals surface area contributed by atoms with Crippen molar-refractivity contribution >= 4 is 0 Å². The van der Waals surface area contributed by atoms with E-state index in [4.69, 9.17) is 4.74 Å². The lowest BCUT2D eigenvalue weighted by atomic mass is 9.94. The Balaban J connectivity index is 2.52. The van der Waals surface area contributed by atoms with Gasteiger partial charge in [-0.05, 0) is 30.0 Å². The molecule has 0 saturated carbocycles. The summed E-state index contributed by atoms with van der Waals surface area (Å²) in [5, 5.41) is 20.4. The first-order valence-electron chi connectivity index (χ1n) is 7.36. The van der Waals surface area contributed by atoms with Crippen LogP contribution in [0.2, 0.25) is 0 Å². The van der Waals surface area contributed by atoms with Gasteiger partial charge in [0.25, 0.3) is 0 Å². The van der Waals surface area contributed by atoms with E-state index in [-0.39, 0.29) is 11.5 Å². The van der Waals surface area contributed by atoms with Crippen molar-refractivity contribution in [2.75, 3.05) is 7.11 Å². The van der Waals surface area contributed by atoms with E-state index in [1.165, 1.54) is 7.11 Å². The lowest BCUT2D eigenvalue weighted by molar-refractivity contribution is 0.349. The Morgan fingerprint density at radius 1 is 1.00 bits per heavy atom. The molecule has 2 aromatic carbocycles. The molecule has 0 spiro atoms. The van der Waals surface area contributed by atoms with E-state index in [0.717, 1.165) is 42.4 Å². The number of ether oxygens (including phenoxy) is 1. The summed E-state index contributed by atoms with van der Waals surface area (Å²) in [4.78, 5) is 0. The molecule has 0 radical (unpaired) electrons. The second kappa shape index (κ2) is 7.02. The molecular formula is C18H22O3. The summed E-state index contributed by atoms with van der Waals surface area (Å²) in [6.07, 6.45) is 3.93.